The van der Waals surface area contributed by atoms with Gasteiger partial charge in [0.15, 0.2) is 5.82 Å². The van der Waals surface area contributed by atoms with Crippen LogP contribution in [0.5, 0.6) is 11.5 Å². The molecule has 7 nitrogen and oxygen atoms in total. The first-order valence-corrected chi connectivity index (χ1v) is 10.5. The number of halogens is 1. The Labute approximate surface area is 196 Å². The van der Waals surface area contributed by atoms with Crippen LogP contribution in [-0.2, 0) is 6.54 Å². The van der Waals surface area contributed by atoms with E-state index < -0.39 is 0 Å². The fourth-order valence-corrected chi connectivity index (χ4v) is 3.18. The Kier molecular flexibility index (Phi) is 6.98. The molecule has 0 bridgehead atoms. The molecule has 0 aliphatic carbocycles. The number of methoxy groups -OCH3 is 2. The standard InChI is InChI=1S/C26H23FN4O3/c1-33-22-12-5-18(6-13-22)7-16-24(32)31-26(28-17-19-3-10-21(27)11-4-19)29-25(30-31)20-8-14-23(34-2)15-9-20/h3-16H,17H2,1-2H3,(H,28,29,30). The summed E-state index contributed by atoms with van der Waals surface area (Å²) in [6.07, 6.45) is 3.12. The minimum atomic E-state index is -0.371. The van der Waals surface area contributed by atoms with Crippen LogP contribution in [0.1, 0.15) is 15.9 Å². The number of anilines is 1. The Morgan fingerprint density at radius 1 is 0.941 bits per heavy atom. The molecule has 1 aromatic heterocycles. The van der Waals surface area contributed by atoms with Crippen molar-refractivity contribution in [2.45, 2.75) is 6.54 Å². The zero-order valence-electron chi connectivity index (χ0n) is 18.7. The van der Waals surface area contributed by atoms with Crippen molar-refractivity contribution in [1.82, 2.24) is 14.8 Å². The molecule has 1 heterocycles. The third-order valence-corrected chi connectivity index (χ3v) is 5.06. The zero-order chi connectivity index (χ0) is 23.9. The first-order chi connectivity index (χ1) is 16.6. The van der Waals surface area contributed by atoms with Gasteiger partial charge in [-0.1, -0.05) is 24.3 Å². The molecular formula is C26H23FN4O3. The largest absolute Gasteiger partial charge is 0.497 e. The number of hydrogen-bond donors (Lipinski definition) is 1. The Morgan fingerprint density at radius 3 is 2.18 bits per heavy atom. The lowest BCUT2D eigenvalue weighted by atomic mass is 10.2. The first kappa shape index (κ1) is 22.7. The predicted octanol–water partition coefficient (Wildman–Crippen LogP) is 5.07. The van der Waals surface area contributed by atoms with Crippen molar-refractivity contribution in [2.75, 3.05) is 19.5 Å². The zero-order valence-corrected chi connectivity index (χ0v) is 18.7. The van der Waals surface area contributed by atoms with Gasteiger partial charge < -0.3 is 14.8 Å². The van der Waals surface area contributed by atoms with Crippen molar-refractivity contribution >= 4 is 17.9 Å². The number of carbonyl (C=O) groups excluding carboxylic acids is 1. The van der Waals surface area contributed by atoms with Crippen LogP contribution < -0.4 is 14.8 Å². The Bertz CT molecular complexity index is 1280. The summed E-state index contributed by atoms with van der Waals surface area (Å²) >= 11 is 0. The summed E-state index contributed by atoms with van der Waals surface area (Å²) in [6.45, 7) is 0.344. The van der Waals surface area contributed by atoms with E-state index in [-0.39, 0.29) is 17.7 Å². The lowest BCUT2D eigenvalue weighted by Gasteiger charge is -2.06. The van der Waals surface area contributed by atoms with Gasteiger partial charge in [-0.2, -0.15) is 9.67 Å². The van der Waals surface area contributed by atoms with Crippen LogP contribution in [0.2, 0.25) is 0 Å². The van der Waals surface area contributed by atoms with Crippen LogP contribution in [0.4, 0.5) is 10.3 Å². The summed E-state index contributed by atoms with van der Waals surface area (Å²) in [5.41, 5.74) is 2.41. The van der Waals surface area contributed by atoms with E-state index >= 15 is 0 Å². The van der Waals surface area contributed by atoms with Gasteiger partial charge in [0.1, 0.15) is 17.3 Å². The second-order valence-corrected chi connectivity index (χ2v) is 7.32. The number of carbonyl (C=O) groups is 1. The number of nitrogens with one attached hydrogen (secondary N) is 1. The number of ether oxygens (including phenoxy) is 2. The van der Waals surface area contributed by atoms with Crippen molar-refractivity contribution in [3.63, 3.8) is 0 Å². The molecule has 0 aliphatic rings. The molecule has 1 N–H and O–H groups in total. The number of nitrogens with zero attached hydrogens (tertiary/aromatic N) is 3. The van der Waals surface area contributed by atoms with E-state index in [4.69, 9.17) is 9.47 Å². The van der Waals surface area contributed by atoms with Crippen LogP contribution in [-0.4, -0.2) is 34.9 Å². The predicted molar refractivity (Wildman–Crippen MR) is 128 cm³/mol. The fourth-order valence-electron chi connectivity index (χ4n) is 3.18. The molecule has 0 unspecified atom stereocenters. The summed E-state index contributed by atoms with van der Waals surface area (Å²) < 4.78 is 24.8. The van der Waals surface area contributed by atoms with Gasteiger partial charge in [-0.3, -0.25) is 4.79 Å². The van der Waals surface area contributed by atoms with E-state index in [0.717, 1.165) is 22.4 Å². The maximum absolute atomic E-state index is 13.2. The molecule has 0 saturated carbocycles. The molecule has 3 aromatic carbocycles. The summed E-state index contributed by atoms with van der Waals surface area (Å²) in [5.74, 6) is 1.42. The van der Waals surface area contributed by atoms with Gasteiger partial charge in [-0.25, -0.2) is 4.39 Å². The van der Waals surface area contributed by atoms with Gasteiger partial charge in [-0.05, 0) is 65.7 Å². The van der Waals surface area contributed by atoms with Crippen molar-refractivity contribution in [1.29, 1.82) is 0 Å². The van der Waals surface area contributed by atoms with Crippen molar-refractivity contribution in [2.24, 2.45) is 0 Å². The van der Waals surface area contributed by atoms with Gasteiger partial charge >= 0.3 is 0 Å². The highest BCUT2D eigenvalue weighted by Crippen LogP contribution is 2.22. The van der Waals surface area contributed by atoms with Gasteiger partial charge in [0, 0.05) is 18.2 Å². The molecule has 0 atom stereocenters. The third kappa shape index (κ3) is 5.47. The maximum Gasteiger partial charge on any atom is 0.274 e. The van der Waals surface area contributed by atoms with E-state index in [2.05, 4.69) is 15.4 Å². The fraction of sp³-hybridized carbons (Fsp3) is 0.115. The quantitative estimate of drug-likeness (QED) is 0.372. The van der Waals surface area contributed by atoms with Crippen LogP contribution in [0.25, 0.3) is 17.5 Å². The van der Waals surface area contributed by atoms with Crippen molar-refractivity contribution < 1.29 is 18.7 Å². The average Bonchev–Trinajstić information content (AvgIpc) is 3.31. The molecule has 4 rings (SSSR count). The smallest absolute Gasteiger partial charge is 0.274 e. The number of aromatic nitrogens is 3. The number of allylic oxidation sites excluding steroid dienone is 1. The molecular weight excluding hydrogens is 435 g/mol. The van der Waals surface area contributed by atoms with E-state index in [0.29, 0.717) is 18.1 Å². The van der Waals surface area contributed by atoms with Crippen LogP contribution >= 0.6 is 0 Å². The molecule has 4 aromatic rings. The summed E-state index contributed by atoms with van der Waals surface area (Å²) in [7, 11) is 3.19. The Morgan fingerprint density at radius 2 is 1.56 bits per heavy atom. The summed E-state index contributed by atoms with van der Waals surface area (Å²) in [5, 5.41) is 7.55. The minimum absolute atomic E-state index is 0.277. The highest BCUT2D eigenvalue weighted by molar-refractivity contribution is 5.95. The van der Waals surface area contributed by atoms with Gasteiger partial charge in [-0.15, -0.1) is 5.10 Å². The molecule has 0 radical (unpaired) electrons. The molecule has 8 heteroatoms. The second-order valence-electron chi connectivity index (χ2n) is 7.32. The van der Waals surface area contributed by atoms with E-state index in [9.17, 15) is 9.18 Å². The van der Waals surface area contributed by atoms with Gasteiger partial charge in [0.05, 0.1) is 14.2 Å². The topological polar surface area (TPSA) is 78.3 Å². The first-order valence-electron chi connectivity index (χ1n) is 10.5. The van der Waals surface area contributed by atoms with E-state index in [1.165, 1.54) is 22.9 Å². The van der Waals surface area contributed by atoms with Crippen LogP contribution in [0.15, 0.2) is 78.9 Å². The molecule has 0 amide bonds. The van der Waals surface area contributed by atoms with Gasteiger partial charge in [0.25, 0.3) is 5.91 Å². The monoisotopic (exact) mass is 458 g/mol. The lowest BCUT2D eigenvalue weighted by Crippen LogP contribution is -2.14. The molecule has 34 heavy (non-hydrogen) atoms. The molecule has 0 fully saturated rings. The molecule has 0 aliphatic heterocycles. The Balaban J connectivity index is 1.60. The number of hydrogen-bond acceptors (Lipinski definition) is 6. The van der Waals surface area contributed by atoms with Crippen LogP contribution in [0.3, 0.4) is 0 Å². The summed E-state index contributed by atoms with van der Waals surface area (Å²) in [6, 6.07) is 20.7. The highest BCUT2D eigenvalue weighted by atomic mass is 19.1. The lowest BCUT2D eigenvalue weighted by molar-refractivity contribution is 0.0957. The normalized spacial score (nSPS) is 10.9. The highest BCUT2D eigenvalue weighted by Gasteiger charge is 2.16. The third-order valence-electron chi connectivity index (χ3n) is 5.06. The second kappa shape index (κ2) is 10.4. The average molecular weight is 458 g/mol. The van der Waals surface area contributed by atoms with Gasteiger partial charge in [0.2, 0.25) is 5.95 Å². The summed E-state index contributed by atoms with van der Waals surface area (Å²) in [4.78, 5) is 17.5. The van der Waals surface area contributed by atoms with E-state index in [1.54, 1.807) is 44.6 Å². The van der Waals surface area contributed by atoms with Crippen molar-refractivity contribution in [3.05, 3.63) is 95.8 Å². The SMILES string of the molecule is COc1ccc(C=CC(=O)n2nc(-c3ccc(OC)cc3)nc2NCc2ccc(F)cc2)cc1. The number of benzene rings is 3. The van der Waals surface area contributed by atoms with Crippen LogP contribution in [0, 0.1) is 5.82 Å². The molecule has 0 saturated heterocycles. The maximum atomic E-state index is 13.2. The van der Waals surface area contributed by atoms with Crippen molar-refractivity contribution in [3.8, 4) is 22.9 Å². The van der Waals surface area contributed by atoms with E-state index in [1.807, 2.05) is 36.4 Å². The molecule has 172 valence electrons. The minimum Gasteiger partial charge on any atom is -0.497 e. The number of rotatable bonds is 8. The molecule has 0 spiro atoms. The Hall–Kier alpha value is -4.46.